The Morgan fingerprint density at radius 1 is 1.42 bits per heavy atom. The van der Waals surface area contributed by atoms with E-state index in [1.54, 1.807) is 17.0 Å². The number of carboxylic acids is 1. The fraction of sp³-hybridized carbons (Fsp3) is 0.556. The van der Waals surface area contributed by atoms with Gasteiger partial charge in [-0.25, -0.2) is 9.18 Å². The molecule has 130 valence electrons. The van der Waals surface area contributed by atoms with E-state index in [-0.39, 0.29) is 23.7 Å². The number of rotatable bonds is 4. The maximum atomic E-state index is 13.0. The number of nitrogens with one attached hydrogen (secondary N) is 1. The zero-order valence-electron chi connectivity index (χ0n) is 13.8. The first-order chi connectivity index (χ1) is 11.4. The summed E-state index contributed by atoms with van der Waals surface area (Å²) in [6, 6.07) is 6.04. The average Bonchev–Trinajstić information content (AvgIpc) is 3.11. The molecule has 1 saturated carbocycles. The van der Waals surface area contributed by atoms with E-state index in [0.29, 0.717) is 26.1 Å². The molecule has 1 aliphatic carbocycles. The smallest absolute Gasteiger partial charge is 0.317 e. The van der Waals surface area contributed by atoms with Crippen molar-refractivity contribution < 1.29 is 19.1 Å². The Hall–Kier alpha value is -2.11. The number of halogens is 1. The van der Waals surface area contributed by atoms with Crippen molar-refractivity contribution in [3.05, 3.63) is 35.6 Å². The van der Waals surface area contributed by atoms with Crippen LogP contribution in [0, 0.1) is 17.2 Å². The van der Waals surface area contributed by atoms with E-state index < -0.39 is 11.4 Å². The van der Waals surface area contributed by atoms with E-state index >= 15 is 0 Å². The Balaban J connectivity index is 1.56. The molecule has 1 aromatic carbocycles. The van der Waals surface area contributed by atoms with Gasteiger partial charge in [0.05, 0.1) is 5.41 Å². The highest BCUT2D eigenvalue weighted by atomic mass is 19.1. The van der Waals surface area contributed by atoms with Crippen molar-refractivity contribution in [2.75, 3.05) is 19.6 Å². The second-order valence-corrected chi connectivity index (χ2v) is 7.07. The van der Waals surface area contributed by atoms with Gasteiger partial charge in [-0.15, -0.1) is 0 Å². The Morgan fingerprint density at radius 3 is 2.75 bits per heavy atom. The molecule has 5 nitrogen and oxygen atoms in total. The maximum Gasteiger partial charge on any atom is 0.317 e. The van der Waals surface area contributed by atoms with Crippen LogP contribution in [0.2, 0.25) is 0 Å². The number of carbonyl (C=O) groups is 2. The van der Waals surface area contributed by atoms with Gasteiger partial charge in [0.1, 0.15) is 5.82 Å². The van der Waals surface area contributed by atoms with Gasteiger partial charge in [-0.1, -0.05) is 25.5 Å². The summed E-state index contributed by atoms with van der Waals surface area (Å²) in [5, 5.41) is 12.5. The van der Waals surface area contributed by atoms with Crippen LogP contribution in [-0.2, 0) is 4.79 Å². The van der Waals surface area contributed by atoms with Crippen molar-refractivity contribution in [2.24, 2.45) is 11.3 Å². The van der Waals surface area contributed by atoms with E-state index in [9.17, 15) is 19.1 Å². The molecule has 0 radical (unpaired) electrons. The zero-order chi connectivity index (χ0) is 17.3. The number of likely N-dealkylation sites (tertiary alicyclic amines) is 1. The van der Waals surface area contributed by atoms with Crippen LogP contribution in [0.5, 0.6) is 0 Å². The fourth-order valence-corrected chi connectivity index (χ4v) is 4.05. The number of carboxylic acid groups (broad SMARTS) is 1. The molecule has 0 aromatic heterocycles. The number of fused-ring (bicyclic) bond motifs is 1. The molecular weight excluding hydrogens is 311 g/mol. The first-order valence-electron chi connectivity index (χ1n) is 8.44. The van der Waals surface area contributed by atoms with E-state index in [2.05, 4.69) is 5.32 Å². The molecule has 1 aliphatic heterocycles. The quantitative estimate of drug-likeness (QED) is 0.889. The number of amides is 2. The second kappa shape index (κ2) is 6.42. The number of urea groups is 1. The number of aliphatic carboxylic acids is 1. The first kappa shape index (κ1) is 16.7. The largest absolute Gasteiger partial charge is 0.481 e. The SMILES string of the molecule is CC(CNC(=O)N1C[C@@H]2CCC[C@@]2(C(=O)O)C1)c1ccc(F)cc1. The number of hydrogen-bond donors (Lipinski definition) is 2. The summed E-state index contributed by atoms with van der Waals surface area (Å²) in [5.74, 6) is -0.932. The van der Waals surface area contributed by atoms with Crippen LogP contribution in [0.25, 0.3) is 0 Å². The van der Waals surface area contributed by atoms with E-state index in [4.69, 9.17) is 0 Å². The number of carbonyl (C=O) groups excluding carboxylic acids is 1. The molecule has 2 aliphatic rings. The topological polar surface area (TPSA) is 69.6 Å². The van der Waals surface area contributed by atoms with Crippen molar-refractivity contribution in [2.45, 2.75) is 32.1 Å². The van der Waals surface area contributed by atoms with Gasteiger partial charge in [0.2, 0.25) is 0 Å². The van der Waals surface area contributed by atoms with Crippen molar-refractivity contribution in [1.29, 1.82) is 0 Å². The van der Waals surface area contributed by atoms with Gasteiger partial charge in [-0.2, -0.15) is 0 Å². The van der Waals surface area contributed by atoms with Crippen LogP contribution in [0.15, 0.2) is 24.3 Å². The van der Waals surface area contributed by atoms with Gasteiger partial charge in [-0.3, -0.25) is 4.79 Å². The van der Waals surface area contributed by atoms with Gasteiger partial charge >= 0.3 is 12.0 Å². The van der Waals surface area contributed by atoms with Gasteiger partial charge in [-0.05, 0) is 42.4 Å². The van der Waals surface area contributed by atoms with Gasteiger partial charge in [0, 0.05) is 19.6 Å². The van der Waals surface area contributed by atoms with E-state index in [0.717, 1.165) is 18.4 Å². The summed E-state index contributed by atoms with van der Waals surface area (Å²) < 4.78 is 13.0. The summed E-state index contributed by atoms with van der Waals surface area (Å²) in [6.45, 7) is 3.21. The van der Waals surface area contributed by atoms with Crippen molar-refractivity contribution in [3.8, 4) is 0 Å². The number of benzene rings is 1. The predicted molar refractivity (Wildman–Crippen MR) is 87.2 cm³/mol. The van der Waals surface area contributed by atoms with Crippen LogP contribution in [0.1, 0.15) is 37.7 Å². The van der Waals surface area contributed by atoms with Crippen LogP contribution >= 0.6 is 0 Å². The molecule has 6 heteroatoms. The molecule has 2 fully saturated rings. The van der Waals surface area contributed by atoms with E-state index in [1.807, 2.05) is 6.92 Å². The molecule has 3 atom stereocenters. The van der Waals surface area contributed by atoms with Crippen LogP contribution in [0.4, 0.5) is 9.18 Å². The monoisotopic (exact) mass is 334 g/mol. The molecule has 0 spiro atoms. The van der Waals surface area contributed by atoms with Gasteiger partial charge in [0.15, 0.2) is 0 Å². The third-order valence-electron chi connectivity index (χ3n) is 5.58. The van der Waals surface area contributed by atoms with Gasteiger partial charge in [0.25, 0.3) is 0 Å². The predicted octanol–water partition coefficient (Wildman–Crippen LogP) is 2.83. The highest BCUT2D eigenvalue weighted by molar-refractivity contribution is 5.80. The lowest BCUT2D eigenvalue weighted by atomic mass is 9.81. The standard InChI is InChI=1S/C18H23FN2O3/c1-12(13-4-6-15(19)7-5-13)9-20-17(24)21-10-14-3-2-8-18(14,11-21)16(22)23/h4-7,12,14H,2-3,8-11H2,1H3,(H,20,24)(H,22,23)/t12?,14-,18+/m0/s1. The van der Waals surface area contributed by atoms with Gasteiger partial charge < -0.3 is 15.3 Å². The summed E-state index contributed by atoms with van der Waals surface area (Å²) in [4.78, 5) is 25.7. The minimum absolute atomic E-state index is 0.0603. The van der Waals surface area contributed by atoms with Crippen LogP contribution in [-0.4, -0.2) is 41.6 Å². The summed E-state index contributed by atoms with van der Waals surface area (Å²) >= 11 is 0. The second-order valence-electron chi connectivity index (χ2n) is 7.07. The lowest BCUT2D eigenvalue weighted by molar-refractivity contribution is -0.149. The minimum Gasteiger partial charge on any atom is -0.481 e. The van der Waals surface area contributed by atoms with Crippen LogP contribution in [0.3, 0.4) is 0 Å². The molecule has 24 heavy (non-hydrogen) atoms. The summed E-state index contributed by atoms with van der Waals surface area (Å²) in [5.41, 5.74) is 0.205. The molecule has 2 N–H and O–H groups in total. The molecule has 1 unspecified atom stereocenters. The Labute approximate surface area is 140 Å². The lowest BCUT2D eigenvalue weighted by Crippen LogP contribution is -2.42. The molecule has 2 amide bonds. The molecule has 1 saturated heterocycles. The van der Waals surface area contributed by atoms with Crippen LogP contribution < -0.4 is 5.32 Å². The minimum atomic E-state index is -0.778. The normalized spacial score (nSPS) is 26.9. The number of hydrogen-bond acceptors (Lipinski definition) is 2. The highest BCUT2D eigenvalue weighted by Crippen LogP contribution is 2.48. The third kappa shape index (κ3) is 2.97. The summed E-state index contributed by atoms with van der Waals surface area (Å²) in [7, 11) is 0. The summed E-state index contributed by atoms with van der Waals surface area (Å²) in [6.07, 6.45) is 2.46. The molecule has 1 heterocycles. The Morgan fingerprint density at radius 2 is 2.12 bits per heavy atom. The first-order valence-corrected chi connectivity index (χ1v) is 8.44. The molecule has 3 rings (SSSR count). The number of nitrogens with zero attached hydrogens (tertiary/aromatic N) is 1. The zero-order valence-corrected chi connectivity index (χ0v) is 13.8. The molecule has 0 bridgehead atoms. The van der Waals surface area contributed by atoms with Crippen molar-refractivity contribution in [1.82, 2.24) is 10.2 Å². The Kier molecular flexibility index (Phi) is 4.47. The van der Waals surface area contributed by atoms with E-state index in [1.165, 1.54) is 12.1 Å². The molecular formula is C18H23FN2O3. The Bertz CT molecular complexity index is 634. The molecule has 1 aromatic rings. The average molecular weight is 334 g/mol. The lowest BCUT2D eigenvalue weighted by Gasteiger charge is -2.24. The fourth-order valence-electron chi connectivity index (χ4n) is 4.05. The van der Waals surface area contributed by atoms with Crippen molar-refractivity contribution >= 4 is 12.0 Å². The van der Waals surface area contributed by atoms with Crippen molar-refractivity contribution in [3.63, 3.8) is 0 Å². The third-order valence-corrected chi connectivity index (χ3v) is 5.58. The maximum absolute atomic E-state index is 13.0. The highest BCUT2D eigenvalue weighted by Gasteiger charge is 2.55.